The second-order valence-corrected chi connectivity index (χ2v) is 8.17. The monoisotopic (exact) mass is 406 g/mol. The highest BCUT2D eigenvalue weighted by atomic mass is 16.1. The van der Waals surface area contributed by atoms with Crippen molar-refractivity contribution in [1.82, 2.24) is 20.2 Å². The first kappa shape index (κ1) is 20.5. The Morgan fingerprint density at radius 3 is 2.77 bits per heavy atom. The number of nitrogens with zero attached hydrogens (tertiary/aromatic N) is 5. The third kappa shape index (κ3) is 4.36. The minimum absolute atomic E-state index is 0.138. The van der Waals surface area contributed by atoms with Gasteiger partial charge in [0.05, 0.1) is 5.69 Å². The average Bonchev–Trinajstić information content (AvgIpc) is 3.39. The van der Waals surface area contributed by atoms with E-state index in [1.54, 1.807) is 13.3 Å². The maximum absolute atomic E-state index is 12.6. The van der Waals surface area contributed by atoms with Crippen LogP contribution in [-0.4, -0.2) is 59.2 Å². The minimum atomic E-state index is -0.138. The summed E-state index contributed by atoms with van der Waals surface area (Å²) in [6.07, 6.45) is 5.05. The zero-order valence-electron chi connectivity index (χ0n) is 18.1. The van der Waals surface area contributed by atoms with E-state index in [4.69, 9.17) is 0 Å². The lowest BCUT2D eigenvalue weighted by Crippen LogP contribution is -2.36. The molecule has 0 bridgehead atoms. The van der Waals surface area contributed by atoms with Crippen LogP contribution in [0, 0.1) is 13.8 Å². The van der Waals surface area contributed by atoms with Gasteiger partial charge in [-0.1, -0.05) is 17.7 Å². The van der Waals surface area contributed by atoms with Crippen LogP contribution in [-0.2, 0) is 11.2 Å². The first-order valence-electron chi connectivity index (χ1n) is 10.8. The number of carbonyl (C=O) groups is 1. The molecule has 158 valence electrons. The molecule has 0 radical (unpaired) electrons. The Labute approximate surface area is 178 Å². The molecular formula is C23H30N6O. The molecule has 1 aromatic heterocycles. The number of benzene rings is 1. The van der Waals surface area contributed by atoms with E-state index >= 15 is 0 Å². The maximum Gasteiger partial charge on any atom is 0.265 e. The van der Waals surface area contributed by atoms with Gasteiger partial charge in [0, 0.05) is 25.3 Å². The summed E-state index contributed by atoms with van der Waals surface area (Å²) >= 11 is 0. The summed E-state index contributed by atoms with van der Waals surface area (Å²) in [5.41, 5.74) is 5.59. The van der Waals surface area contributed by atoms with Crippen molar-refractivity contribution in [1.29, 1.82) is 0 Å². The van der Waals surface area contributed by atoms with E-state index in [1.165, 1.54) is 24.0 Å². The second kappa shape index (κ2) is 8.92. The Hall–Kier alpha value is -2.80. The number of rotatable bonds is 6. The maximum atomic E-state index is 12.6. The minimum Gasteiger partial charge on any atom is -0.350 e. The van der Waals surface area contributed by atoms with Crippen LogP contribution in [0.1, 0.15) is 36.6 Å². The van der Waals surface area contributed by atoms with Gasteiger partial charge in [0.15, 0.2) is 5.82 Å². The van der Waals surface area contributed by atoms with Crippen molar-refractivity contribution in [2.75, 3.05) is 37.6 Å². The summed E-state index contributed by atoms with van der Waals surface area (Å²) in [6.45, 7) is 10.4. The van der Waals surface area contributed by atoms with Crippen LogP contribution < -0.4 is 10.2 Å². The highest BCUT2D eigenvalue weighted by Crippen LogP contribution is 2.39. The molecular weight excluding hydrogens is 376 g/mol. The van der Waals surface area contributed by atoms with Gasteiger partial charge in [-0.3, -0.25) is 4.79 Å². The van der Waals surface area contributed by atoms with Gasteiger partial charge in [-0.2, -0.15) is 0 Å². The molecule has 1 saturated heterocycles. The van der Waals surface area contributed by atoms with Crippen molar-refractivity contribution in [2.45, 2.75) is 40.0 Å². The van der Waals surface area contributed by atoms with Crippen molar-refractivity contribution in [3.8, 4) is 0 Å². The third-order valence-corrected chi connectivity index (χ3v) is 5.89. The predicted octanol–water partition coefficient (Wildman–Crippen LogP) is 3.09. The lowest BCUT2D eigenvalue weighted by Gasteiger charge is -2.21. The van der Waals surface area contributed by atoms with Gasteiger partial charge in [-0.15, -0.1) is 0 Å². The van der Waals surface area contributed by atoms with E-state index in [0.717, 1.165) is 49.8 Å². The number of hydrogen-bond acceptors (Lipinski definition) is 6. The summed E-state index contributed by atoms with van der Waals surface area (Å²) < 4.78 is 0. The van der Waals surface area contributed by atoms with E-state index < -0.39 is 0 Å². The number of aliphatic imine (C=N–C) groups is 1. The van der Waals surface area contributed by atoms with Crippen molar-refractivity contribution in [3.63, 3.8) is 0 Å². The molecule has 1 amide bonds. The molecule has 0 saturated carbocycles. The van der Waals surface area contributed by atoms with E-state index in [1.807, 2.05) is 6.92 Å². The van der Waals surface area contributed by atoms with Gasteiger partial charge in [0.1, 0.15) is 17.7 Å². The van der Waals surface area contributed by atoms with Crippen molar-refractivity contribution in [2.24, 2.45) is 4.99 Å². The fourth-order valence-corrected chi connectivity index (χ4v) is 4.21. The largest absolute Gasteiger partial charge is 0.350 e. The van der Waals surface area contributed by atoms with Gasteiger partial charge in [0.2, 0.25) is 0 Å². The second-order valence-electron chi connectivity index (χ2n) is 8.17. The molecule has 0 spiro atoms. The fraction of sp³-hybridized carbons (Fsp3) is 0.478. The Morgan fingerprint density at radius 2 is 1.97 bits per heavy atom. The normalized spacial score (nSPS) is 16.8. The number of aryl methyl sites for hydroxylation is 2. The number of amides is 1. The number of anilines is 2. The molecule has 0 aliphatic carbocycles. The highest BCUT2D eigenvalue weighted by molar-refractivity contribution is 6.38. The number of aromatic nitrogens is 2. The SMILES string of the molecule is CC(=Nc1c(C)ncnc1N1CCc2cc(C)ccc21)C(=O)NCCN1CCCC1. The summed E-state index contributed by atoms with van der Waals surface area (Å²) in [5, 5.41) is 2.99. The summed E-state index contributed by atoms with van der Waals surface area (Å²) in [7, 11) is 0. The quantitative estimate of drug-likeness (QED) is 0.747. The number of hydrogen-bond donors (Lipinski definition) is 1. The highest BCUT2D eigenvalue weighted by Gasteiger charge is 2.25. The topological polar surface area (TPSA) is 73.7 Å². The summed E-state index contributed by atoms with van der Waals surface area (Å²) in [4.78, 5) is 30.7. The number of carbonyl (C=O) groups excluding carboxylic acids is 1. The van der Waals surface area contributed by atoms with Crippen molar-refractivity contribution < 1.29 is 4.79 Å². The number of fused-ring (bicyclic) bond motifs is 1. The number of nitrogens with one attached hydrogen (secondary N) is 1. The van der Waals surface area contributed by atoms with Crippen LogP contribution in [0.5, 0.6) is 0 Å². The van der Waals surface area contributed by atoms with Gasteiger partial charge in [-0.25, -0.2) is 15.0 Å². The molecule has 30 heavy (non-hydrogen) atoms. The van der Waals surface area contributed by atoms with Crippen LogP contribution in [0.3, 0.4) is 0 Å². The zero-order chi connectivity index (χ0) is 21.1. The van der Waals surface area contributed by atoms with Gasteiger partial charge in [-0.05, 0) is 64.8 Å². The molecule has 0 unspecified atom stereocenters. The van der Waals surface area contributed by atoms with Gasteiger partial charge >= 0.3 is 0 Å². The molecule has 2 aromatic rings. The van der Waals surface area contributed by atoms with Gasteiger partial charge < -0.3 is 15.1 Å². The Balaban J connectivity index is 1.52. The third-order valence-electron chi connectivity index (χ3n) is 5.89. The predicted molar refractivity (Wildman–Crippen MR) is 120 cm³/mol. The van der Waals surface area contributed by atoms with Crippen LogP contribution in [0.15, 0.2) is 29.5 Å². The molecule has 1 N–H and O–H groups in total. The smallest absolute Gasteiger partial charge is 0.265 e. The summed E-state index contributed by atoms with van der Waals surface area (Å²) in [5.74, 6) is 0.621. The van der Waals surface area contributed by atoms with Crippen LogP contribution >= 0.6 is 0 Å². The molecule has 7 heteroatoms. The summed E-state index contributed by atoms with van der Waals surface area (Å²) in [6, 6.07) is 6.49. The van der Waals surface area contributed by atoms with Crippen molar-refractivity contribution in [3.05, 3.63) is 41.3 Å². The van der Waals surface area contributed by atoms with Crippen LogP contribution in [0.25, 0.3) is 0 Å². The molecule has 7 nitrogen and oxygen atoms in total. The Bertz CT molecular complexity index is 964. The molecule has 2 aliphatic rings. The Morgan fingerprint density at radius 1 is 1.17 bits per heavy atom. The zero-order valence-corrected chi connectivity index (χ0v) is 18.1. The molecule has 1 fully saturated rings. The van der Waals surface area contributed by atoms with Crippen LogP contribution in [0.2, 0.25) is 0 Å². The molecule has 4 rings (SSSR count). The lowest BCUT2D eigenvalue weighted by atomic mass is 10.1. The first-order valence-corrected chi connectivity index (χ1v) is 10.8. The van der Waals surface area contributed by atoms with Crippen LogP contribution in [0.4, 0.5) is 17.2 Å². The van der Waals surface area contributed by atoms with Crippen molar-refractivity contribution >= 4 is 28.8 Å². The lowest BCUT2D eigenvalue weighted by molar-refractivity contribution is -0.114. The van der Waals surface area contributed by atoms with E-state index in [-0.39, 0.29) is 5.91 Å². The van der Waals surface area contributed by atoms with E-state index in [0.29, 0.717) is 17.9 Å². The van der Waals surface area contributed by atoms with E-state index in [2.05, 4.69) is 55.2 Å². The molecule has 2 aliphatic heterocycles. The van der Waals surface area contributed by atoms with Gasteiger partial charge in [0.25, 0.3) is 5.91 Å². The molecule has 0 atom stereocenters. The molecule has 3 heterocycles. The van der Waals surface area contributed by atoms with E-state index in [9.17, 15) is 4.79 Å². The number of likely N-dealkylation sites (tertiary alicyclic amines) is 1. The molecule has 1 aromatic carbocycles. The first-order chi connectivity index (χ1) is 14.5. The standard InChI is InChI=1S/C23H30N6O/c1-16-6-7-20-19(14-16)8-12-29(20)22-21(17(2)25-15-26-22)27-18(3)23(30)24-9-13-28-10-4-5-11-28/h6-7,14-15H,4-5,8-13H2,1-3H3,(H,24,30). The Kier molecular flexibility index (Phi) is 6.08. The average molecular weight is 407 g/mol. The fourth-order valence-electron chi connectivity index (χ4n) is 4.21.